The first kappa shape index (κ1) is 20.8. The van der Waals surface area contributed by atoms with Crippen LogP contribution in [0.25, 0.3) is 0 Å². The van der Waals surface area contributed by atoms with Crippen molar-refractivity contribution in [2.75, 3.05) is 27.3 Å². The third kappa shape index (κ3) is 5.95. The summed E-state index contributed by atoms with van der Waals surface area (Å²) in [6.45, 7) is 7.25. The molecule has 142 valence electrons. The van der Waals surface area contributed by atoms with E-state index in [1.165, 1.54) is 21.1 Å². The second-order valence-electron chi connectivity index (χ2n) is 6.79. The van der Waals surface area contributed by atoms with Gasteiger partial charge in [0.05, 0.1) is 20.3 Å². The van der Waals surface area contributed by atoms with Crippen molar-refractivity contribution in [3.63, 3.8) is 0 Å². The number of carbonyl (C=O) groups excluding carboxylic acids is 3. The molecule has 0 atom stereocenters. The zero-order valence-corrected chi connectivity index (χ0v) is 15.7. The van der Waals surface area contributed by atoms with Crippen LogP contribution in [0.2, 0.25) is 0 Å². The SMILES string of the molecule is COC(=O)/C=C(/OC)C1(OC(C)=O)CCN(C(=O)OC(C)(C)C)CC1. The Morgan fingerprint density at radius 2 is 1.60 bits per heavy atom. The molecule has 25 heavy (non-hydrogen) atoms. The molecule has 0 spiro atoms. The van der Waals surface area contributed by atoms with Crippen molar-refractivity contribution in [2.45, 2.75) is 51.7 Å². The fourth-order valence-electron chi connectivity index (χ4n) is 2.59. The minimum Gasteiger partial charge on any atom is -0.497 e. The van der Waals surface area contributed by atoms with E-state index in [1.807, 2.05) is 0 Å². The van der Waals surface area contributed by atoms with Crippen LogP contribution >= 0.6 is 0 Å². The predicted octanol–water partition coefficient (Wildman–Crippen LogP) is 2.02. The van der Waals surface area contributed by atoms with Crippen molar-refractivity contribution < 1.29 is 33.3 Å². The van der Waals surface area contributed by atoms with E-state index in [0.29, 0.717) is 13.1 Å². The molecule has 1 saturated heterocycles. The van der Waals surface area contributed by atoms with Crippen LogP contribution in [-0.4, -0.2) is 61.4 Å². The molecule has 1 amide bonds. The molecule has 8 heteroatoms. The molecule has 1 rings (SSSR count). The molecule has 0 aromatic heterocycles. The van der Waals surface area contributed by atoms with Gasteiger partial charge in [-0.1, -0.05) is 0 Å². The van der Waals surface area contributed by atoms with E-state index in [-0.39, 0.29) is 18.6 Å². The summed E-state index contributed by atoms with van der Waals surface area (Å²) in [4.78, 5) is 36.9. The Labute approximate surface area is 148 Å². The molecule has 1 heterocycles. The molecular formula is C17H27NO7. The Morgan fingerprint density at radius 1 is 1.04 bits per heavy atom. The van der Waals surface area contributed by atoms with Crippen LogP contribution in [0.15, 0.2) is 11.8 Å². The molecule has 0 N–H and O–H groups in total. The van der Waals surface area contributed by atoms with Crippen molar-refractivity contribution >= 4 is 18.0 Å². The maximum atomic E-state index is 12.2. The normalized spacial score (nSPS) is 17.5. The summed E-state index contributed by atoms with van der Waals surface area (Å²) < 4.78 is 20.8. The summed E-state index contributed by atoms with van der Waals surface area (Å²) >= 11 is 0. The number of rotatable bonds is 4. The Hall–Kier alpha value is -2.25. The van der Waals surface area contributed by atoms with Gasteiger partial charge in [-0.25, -0.2) is 9.59 Å². The molecule has 0 aliphatic carbocycles. The number of amides is 1. The lowest BCUT2D eigenvalue weighted by Crippen LogP contribution is -2.51. The van der Waals surface area contributed by atoms with Gasteiger partial charge in [-0.05, 0) is 20.8 Å². The fourth-order valence-corrected chi connectivity index (χ4v) is 2.59. The summed E-state index contributed by atoms with van der Waals surface area (Å²) in [7, 11) is 2.63. The molecule has 0 bridgehead atoms. The van der Waals surface area contributed by atoms with E-state index in [9.17, 15) is 14.4 Å². The third-order valence-corrected chi connectivity index (χ3v) is 3.68. The van der Waals surface area contributed by atoms with Crippen LogP contribution in [-0.2, 0) is 28.5 Å². The van der Waals surface area contributed by atoms with Crippen molar-refractivity contribution in [1.82, 2.24) is 4.90 Å². The third-order valence-electron chi connectivity index (χ3n) is 3.68. The number of piperidine rings is 1. The largest absolute Gasteiger partial charge is 0.497 e. The smallest absolute Gasteiger partial charge is 0.410 e. The first-order valence-corrected chi connectivity index (χ1v) is 8.04. The van der Waals surface area contributed by atoms with E-state index in [2.05, 4.69) is 4.74 Å². The summed E-state index contributed by atoms with van der Waals surface area (Å²) in [5.74, 6) is -0.921. The molecule has 0 unspecified atom stereocenters. The number of hydrogen-bond donors (Lipinski definition) is 0. The number of hydrogen-bond acceptors (Lipinski definition) is 7. The first-order valence-electron chi connectivity index (χ1n) is 8.04. The molecule has 8 nitrogen and oxygen atoms in total. The summed E-state index contributed by atoms with van der Waals surface area (Å²) in [6.07, 6.45) is 1.29. The van der Waals surface area contributed by atoms with E-state index < -0.39 is 29.2 Å². The van der Waals surface area contributed by atoms with E-state index in [4.69, 9.17) is 14.2 Å². The highest BCUT2D eigenvalue weighted by Gasteiger charge is 2.44. The van der Waals surface area contributed by atoms with Crippen molar-refractivity contribution in [3.05, 3.63) is 11.8 Å². The average molecular weight is 357 g/mol. The van der Waals surface area contributed by atoms with Gasteiger partial charge >= 0.3 is 18.0 Å². The van der Waals surface area contributed by atoms with Gasteiger partial charge in [-0.2, -0.15) is 0 Å². The van der Waals surface area contributed by atoms with Crippen LogP contribution in [0.5, 0.6) is 0 Å². The number of methoxy groups -OCH3 is 2. The highest BCUT2D eigenvalue weighted by atomic mass is 16.6. The zero-order chi connectivity index (χ0) is 19.3. The topological polar surface area (TPSA) is 91.4 Å². The van der Waals surface area contributed by atoms with Gasteiger partial charge < -0.3 is 23.8 Å². The van der Waals surface area contributed by atoms with Crippen LogP contribution < -0.4 is 0 Å². The van der Waals surface area contributed by atoms with Crippen LogP contribution in [0.3, 0.4) is 0 Å². The minimum absolute atomic E-state index is 0.193. The van der Waals surface area contributed by atoms with E-state index in [0.717, 1.165) is 6.08 Å². The summed E-state index contributed by atoms with van der Waals surface area (Å²) in [5, 5.41) is 0. The highest BCUT2D eigenvalue weighted by molar-refractivity contribution is 5.82. The van der Waals surface area contributed by atoms with Crippen molar-refractivity contribution in [2.24, 2.45) is 0 Å². The Bertz CT molecular complexity index is 540. The monoisotopic (exact) mass is 357 g/mol. The second kappa shape index (κ2) is 8.22. The van der Waals surface area contributed by atoms with Crippen LogP contribution in [0, 0.1) is 0 Å². The van der Waals surface area contributed by atoms with Gasteiger partial charge in [0.25, 0.3) is 0 Å². The predicted molar refractivity (Wildman–Crippen MR) is 88.6 cm³/mol. The number of likely N-dealkylation sites (tertiary alicyclic amines) is 1. The van der Waals surface area contributed by atoms with Crippen LogP contribution in [0.1, 0.15) is 40.5 Å². The molecule has 0 aromatic rings. The average Bonchev–Trinajstić information content (AvgIpc) is 2.50. The van der Waals surface area contributed by atoms with E-state index in [1.54, 1.807) is 25.7 Å². The molecule has 0 saturated carbocycles. The molecule has 1 aliphatic rings. The van der Waals surface area contributed by atoms with Gasteiger partial charge in [0, 0.05) is 32.9 Å². The fraction of sp³-hybridized carbons (Fsp3) is 0.706. The first-order chi connectivity index (χ1) is 11.5. The van der Waals surface area contributed by atoms with Gasteiger partial charge in [0.15, 0.2) is 5.60 Å². The number of ether oxygens (including phenoxy) is 4. The number of esters is 2. The summed E-state index contributed by atoms with van der Waals surface area (Å²) in [6, 6.07) is 0. The van der Waals surface area contributed by atoms with Crippen molar-refractivity contribution in [3.8, 4) is 0 Å². The van der Waals surface area contributed by atoms with Gasteiger partial charge in [0.2, 0.25) is 0 Å². The van der Waals surface area contributed by atoms with Gasteiger partial charge in [0.1, 0.15) is 11.4 Å². The second-order valence-corrected chi connectivity index (χ2v) is 6.79. The lowest BCUT2D eigenvalue weighted by atomic mass is 9.88. The lowest BCUT2D eigenvalue weighted by Gasteiger charge is -2.41. The molecule has 1 aliphatic heterocycles. The molecule has 0 aromatic carbocycles. The van der Waals surface area contributed by atoms with Gasteiger partial charge in [-0.3, -0.25) is 4.79 Å². The highest BCUT2D eigenvalue weighted by Crippen LogP contribution is 2.35. The van der Waals surface area contributed by atoms with Gasteiger partial charge in [-0.15, -0.1) is 0 Å². The van der Waals surface area contributed by atoms with Crippen LogP contribution in [0.4, 0.5) is 4.79 Å². The molecule has 1 fully saturated rings. The lowest BCUT2D eigenvalue weighted by molar-refractivity contribution is -0.161. The number of nitrogens with zero attached hydrogens (tertiary/aromatic N) is 1. The Morgan fingerprint density at radius 3 is 2.00 bits per heavy atom. The quantitative estimate of drug-likeness (QED) is 0.329. The van der Waals surface area contributed by atoms with Crippen molar-refractivity contribution in [1.29, 1.82) is 0 Å². The molecule has 0 radical (unpaired) electrons. The zero-order valence-electron chi connectivity index (χ0n) is 15.7. The Balaban J connectivity index is 2.97. The maximum Gasteiger partial charge on any atom is 0.410 e. The standard InChI is InChI=1S/C17H27NO7/c1-12(19)24-17(13(22-5)11-14(20)23-6)7-9-18(10-8-17)15(21)25-16(2,3)4/h11H,7-10H2,1-6H3/b13-11+. The maximum absolute atomic E-state index is 12.2. The molecular weight excluding hydrogens is 330 g/mol. The number of carbonyl (C=O) groups is 3. The Kier molecular flexibility index (Phi) is 6.84. The summed E-state index contributed by atoms with van der Waals surface area (Å²) in [5.41, 5.74) is -1.71. The van der Waals surface area contributed by atoms with E-state index >= 15 is 0 Å². The minimum atomic E-state index is -1.12.